The van der Waals surface area contributed by atoms with Crippen molar-refractivity contribution in [3.05, 3.63) is 42.2 Å². The van der Waals surface area contributed by atoms with E-state index in [4.69, 9.17) is 25.4 Å². The maximum absolute atomic E-state index is 8.59. The molecular weight excluding hydrogens is 340 g/mol. The summed E-state index contributed by atoms with van der Waals surface area (Å²) in [4.78, 5) is 6.10. The number of amidine groups is 1. The number of hydrogen-bond donors (Lipinski definition) is 2. The van der Waals surface area contributed by atoms with E-state index in [1.165, 1.54) is 11.8 Å². The molecule has 1 aromatic carbocycles. The van der Waals surface area contributed by atoms with Gasteiger partial charge in [-0.15, -0.1) is 11.8 Å². The van der Waals surface area contributed by atoms with Crippen molar-refractivity contribution in [2.45, 2.75) is 10.7 Å². The lowest BCUT2D eigenvalue weighted by molar-refractivity contribution is 0.324. The number of ether oxygens (including phenoxy) is 3. The van der Waals surface area contributed by atoms with Gasteiger partial charge in [-0.05, 0) is 12.1 Å². The molecule has 7 nitrogen and oxygen atoms in total. The van der Waals surface area contributed by atoms with Gasteiger partial charge in [-0.2, -0.15) is 0 Å². The van der Waals surface area contributed by atoms with Crippen LogP contribution >= 0.6 is 11.8 Å². The molecule has 0 aliphatic carbocycles. The number of methoxy groups -OCH3 is 3. The summed E-state index contributed by atoms with van der Waals surface area (Å²) in [5, 5.41) is 8.37. The van der Waals surface area contributed by atoms with E-state index >= 15 is 0 Å². The van der Waals surface area contributed by atoms with Crippen molar-refractivity contribution in [2.75, 3.05) is 26.2 Å². The molecule has 2 unspecified atom stereocenters. The van der Waals surface area contributed by atoms with E-state index < -0.39 is 5.50 Å². The predicted octanol–water partition coefficient (Wildman–Crippen LogP) is 2.62. The highest BCUT2D eigenvalue weighted by Gasteiger charge is 2.38. The maximum atomic E-state index is 8.59. The van der Waals surface area contributed by atoms with Gasteiger partial charge in [0.1, 0.15) is 16.6 Å². The van der Waals surface area contributed by atoms with Gasteiger partial charge in [0, 0.05) is 18.3 Å². The Morgan fingerprint density at radius 2 is 1.80 bits per heavy atom. The van der Waals surface area contributed by atoms with Crippen molar-refractivity contribution >= 4 is 23.3 Å². The summed E-state index contributed by atoms with van der Waals surface area (Å²) in [5.74, 6) is 1.90. The zero-order chi connectivity index (χ0) is 18.0. The van der Waals surface area contributed by atoms with Gasteiger partial charge < -0.3 is 24.8 Å². The molecule has 1 aliphatic heterocycles. The molecule has 132 valence electrons. The van der Waals surface area contributed by atoms with Crippen LogP contribution in [0.3, 0.4) is 0 Å². The van der Waals surface area contributed by atoms with Crippen LogP contribution in [-0.4, -0.2) is 37.6 Å². The number of nitrogens with one attached hydrogen (secondary N) is 1. The van der Waals surface area contributed by atoms with Gasteiger partial charge in [0.15, 0.2) is 11.5 Å². The van der Waals surface area contributed by atoms with Gasteiger partial charge in [-0.1, -0.05) is 6.07 Å². The van der Waals surface area contributed by atoms with E-state index in [9.17, 15) is 0 Å². The molecule has 2 aromatic rings. The molecule has 1 fully saturated rings. The molecule has 0 spiro atoms. The van der Waals surface area contributed by atoms with Crippen molar-refractivity contribution in [1.29, 1.82) is 5.41 Å². The highest BCUT2D eigenvalue weighted by Crippen LogP contribution is 2.46. The minimum absolute atomic E-state index is 0.227. The van der Waals surface area contributed by atoms with Crippen molar-refractivity contribution in [3.63, 3.8) is 0 Å². The van der Waals surface area contributed by atoms with E-state index in [1.54, 1.807) is 44.6 Å². The number of pyridine rings is 1. The normalized spacial score (nSPS) is 19.8. The highest BCUT2D eigenvalue weighted by molar-refractivity contribution is 8.01. The molecule has 2 atom stereocenters. The monoisotopic (exact) mass is 360 g/mol. The Labute approximate surface area is 150 Å². The molecular formula is C17H20N4O3S. The van der Waals surface area contributed by atoms with Crippen molar-refractivity contribution < 1.29 is 14.2 Å². The number of rotatable bonds is 5. The first-order chi connectivity index (χ1) is 12.1. The summed E-state index contributed by atoms with van der Waals surface area (Å²) >= 11 is 1.47. The highest BCUT2D eigenvalue weighted by atomic mass is 32.2. The Morgan fingerprint density at radius 3 is 2.32 bits per heavy atom. The molecule has 0 bridgehead atoms. The number of nitrogens with two attached hydrogens (primary N) is 1. The van der Waals surface area contributed by atoms with Crippen LogP contribution in [-0.2, 0) is 0 Å². The standard InChI is InChI=1S/C17H20N4O3S/c1-22-12-8-10(9-13(23-2)14(12)24-3)21-16(18)15(25-17(21)19)11-6-4-5-7-20-11/h4-9,15,17-18H,19H2,1-3H3. The molecule has 3 N–H and O–H groups in total. The Kier molecular flexibility index (Phi) is 5.00. The summed E-state index contributed by atoms with van der Waals surface area (Å²) in [6.07, 6.45) is 1.72. The molecule has 0 amide bonds. The summed E-state index contributed by atoms with van der Waals surface area (Å²) < 4.78 is 16.1. The third-order valence-corrected chi connectivity index (χ3v) is 5.15. The first kappa shape index (κ1) is 17.4. The summed E-state index contributed by atoms with van der Waals surface area (Å²) in [6, 6.07) is 9.24. The van der Waals surface area contributed by atoms with Crippen molar-refractivity contribution in [2.24, 2.45) is 5.73 Å². The number of aromatic nitrogens is 1. The molecule has 3 rings (SSSR count). The van der Waals surface area contributed by atoms with E-state index in [0.717, 1.165) is 5.69 Å². The number of anilines is 1. The van der Waals surface area contributed by atoms with Crippen LogP contribution in [0.15, 0.2) is 36.5 Å². The second kappa shape index (κ2) is 7.20. The zero-order valence-electron chi connectivity index (χ0n) is 14.2. The topological polar surface area (TPSA) is 93.7 Å². The second-order valence-electron chi connectivity index (χ2n) is 5.30. The molecule has 8 heteroatoms. The van der Waals surface area contributed by atoms with Crippen LogP contribution in [0.4, 0.5) is 5.69 Å². The fourth-order valence-corrected chi connectivity index (χ4v) is 3.92. The van der Waals surface area contributed by atoms with Gasteiger partial charge >= 0.3 is 0 Å². The van der Waals surface area contributed by atoms with Crippen molar-refractivity contribution in [3.8, 4) is 17.2 Å². The molecule has 1 aromatic heterocycles. The lowest BCUT2D eigenvalue weighted by Crippen LogP contribution is -2.38. The largest absolute Gasteiger partial charge is 0.493 e. The van der Waals surface area contributed by atoms with Gasteiger partial charge in [0.25, 0.3) is 0 Å². The summed E-state index contributed by atoms with van der Waals surface area (Å²) in [5.41, 5.74) is 7.39. The minimum atomic E-state index is -0.415. The van der Waals surface area contributed by atoms with E-state index in [2.05, 4.69) is 4.98 Å². The van der Waals surface area contributed by atoms with Gasteiger partial charge in [-0.25, -0.2) is 0 Å². The number of nitrogens with zero attached hydrogens (tertiary/aromatic N) is 2. The van der Waals surface area contributed by atoms with Gasteiger partial charge in [-0.3, -0.25) is 10.4 Å². The van der Waals surface area contributed by atoms with E-state index in [0.29, 0.717) is 28.8 Å². The van der Waals surface area contributed by atoms with Crippen LogP contribution < -0.4 is 24.8 Å². The zero-order valence-corrected chi connectivity index (χ0v) is 15.0. The molecule has 2 heterocycles. The lowest BCUT2D eigenvalue weighted by Gasteiger charge is -2.24. The third-order valence-electron chi connectivity index (χ3n) is 3.92. The summed E-state index contributed by atoms with van der Waals surface area (Å²) in [6.45, 7) is 0. The lowest BCUT2D eigenvalue weighted by atomic mass is 10.2. The van der Waals surface area contributed by atoms with Crippen LogP contribution in [0.25, 0.3) is 0 Å². The molecule has 25 heavy (non-hydrogen) atoms. The molecule has 1 saturated heterocycles. The fraction of sp³-hybridized carbons (Fsp3) is 0.294. The van der Waals surface area contributed by atoms with Gasteiger partial charge in [0.05, 0.1) is 32.7 Å². The minimum Gasteiger partial charge on any atom is -0.493 e. The van der Waals surface area contributed by atoms with Crippen LogP contribution in [0.5, 0.6) is 17.2 Å². The number of benzene rings is 1. The fourth-order valence-electron chi connectivity index (χ4n) is 2.76. The van der Waals surface area contributed by atoms with E-state index in [-0.39, 0.29) is 5.25 Å². The maximum Gasteiger partial charge on any atom is 0.203 e. The Bertz CT molecular complexity index is 747. The first-order valence-electron chi connectivity index (χ1n) is 7.60. The SMILES string of the molecule is COc1cc(N2C(=N)C(c3ccccn3)SC2N)cc(OC)c1OC. The Hall–Kier alpha value is -2.45. The second-order valence-corrected chi connectivity index (χ2v) is 6.53. The third kappa shape index (κ3) is 3.10. The van der Waals surface area contributed by atoms with Gasteiger partial charge in [0.2, 0.25) is 5.75 Å². The average Bonchev–Trinajstić information content (AvgIpc) is 2.95. The first-order valence-corrected chi connectivity index (χ1v) is 8.54. The Balaban J connectivity index is 2.00. The smallest absolute Gasteiger partial charge is 0.203 e. The van der Waals surface area contributed by atoms with Crippen LogP contribution in [0.2, 0.25) is 0 Å². The van der Waals surface area contributed by atoms with Crippen molar-refractivity contribution in [1.82, 2.24) is 4.98 Å². The van der Waals surface area contributed by atoms with Crippen LogP contribution in [0, 0.1) is 5.41 Å². The number of hydrogen-bond acceptors (Lipinski definition) is 7. The molecule has 1 aliphatic rings. The Morgan fingerprint density at radius 1 is 1.12 bits per heavy atom. The van der Waals surface area contributed by atoms with Crippen LogP contribution in [0.1, 0.15) is 10.9 Å². The predicted molar refractivity (Wildman–Crippen MR) is 98.8 cm³/mol. The van der Waals surface area contributed by atoms with E-state index in [1.807, 2.05) is 18.2 Å². The average molecular weight is 360 g/mol. The molecule has 0 radical (unpaired) electrons. The molecule has 0 saturated carbocycles. The number of thioether (sulfide) groups is 1. The summed E-state index contributed by atoms with van der Waals surface area (Å²) in [7, 11) is 4.67. The quantitative estimate of drug-likeness (QED) is 0.846.